The van der Waals surface area contributed by atoms with Gasteiger partial charge in [0.15, 0.2) is 5.82 Å². The summed E-state index contributed by atoms with van der Waals surface area (Å²) in [6.07, 6.45) is 1.60. The maximum absolute atomic E-state index is 12.5. The molecule has 0 atom stereocenters. The van der Waals surface area contributed by atoms with Crippen molar-refractivity contribution in [3.63, 3.8) is 0 Å². The number of pyridine rings is 1. The van der Waals surface area contributed by atoms with Crippen LogP contribution in [0.4, 0.5) is 11.5 Å². The van der Waals surface area contributed by atoms with Gasteiger partial charge in [0.2, 0.25) is 0 Å². The SMILES string of the molecule is CN(C)c1ncccc1NS(=O)(=O)c1ccc(Br)cc1Cl. The van der Waals surface area contributed by atoms with Crippen molar-refractivity contribution in [3.05, 3.63) is 46.0 Å². The Morgan fingerprint density at radius 1 is 1.29 bits per heavy atom. The topological polar surface area (TPSA) is 62.3 Å². The van der Waals surface area contributed by atoms with E-state index in [0.717, 1.165) is 0 Å². The summed E-state index contributed by atoms with van der Waals surface area (Å²) in [6.45, 7) is 0. The highest BCUT2D eigenvalue weighted by Gasteiger charge is 2.20. The standard InChI is InChI=1S/C13H13BrClN3O2S/c1-18(2)13-11(4-3-7-16-13)17-21(19,20)12-6-5-9(14)8-10(12)15/h3-8,17H,1-2H3. The lowest BCUT2D eigenvalue weighted by Gasteiger charge is -2.17. The van der Waals surface area contributed by atoms with Crippen LogP contribution in [0.3, 0.4) is 0 Å². The number of halogens is 2. The van der Waals surface area contributed by atoms with E-state index in [4.69, 9.17) is 11.6 Å². The second-order valence-corrected chi connectivity index (χ2v) is 7.42. The molecule has 2 aromatic rings. The molecule has 0 radical (unpaired) electrons. The molecule has 8 heteroatoms. The third kappa shape index (κ3) is 3.66. The van der Waals surface area contributed by atoms with Crippen molar-refractivity contribution >= 4 is 49.1 Å². The lowest BCUT2D eigenvalue weighted by Crippen LogP contribution is -2.18. The molecule has 2 rings (SSSR count). The predicted molar refractivity (Wildman–Crippen MR) is 88.5 cm³/mol. The number of nitrogens with one attached hydrogen (secondary N) is 1. The van der Waals surface area contributed by atoms with Crippen LogP contribution < -0.4 is 9.62 Å². The van der Waals surface area contributed by atoms with Gasteiger partial charge in [-0.15, -0.1) is 0 Å². The molecular weight excluding hydrogens is 378 g/mol. The van der Waals surface area contributed by atoms with Gasteiger partial charge in [0.05, 0.1) is 10.7 Å². The number of sulfonamides is 1. The van der Waals surface area contributed by atoms with Crippen LogP contribution in [0.25, 0.3) is 0 Å². The van der Waals surface area contributed by atoms with Crippen molar-refractivity contribution in [3.8, 4) is 0 Å². The smallest absolute Gasteiger partial charge is 0.263 e. The van der Waals surface area contributed by atoms with Crippen LogP contribution in [-0.2, 0) is 10.0 Å². The zero-order valence-electron chi connectivity index (χ0n) is 11.3. The summed E-state index contributed by atoms with van der Waals surface area (Å²) in [6, 6.07) is 7.91. The Kier molecular flexibility index (Phi) is 4.75. The van der Waals surface area contributed by atoms with Gasteiger partial charge in [-0.25, -0.2) is 13.4 Å². The van der Waals surface area contributed by atoms with Crippen molar-refractivity contribution in [2.24, 2.45) is 0 Å². The molecule has 21 heavy (non-hydrogen) atoms. The minimum atomic E-state index is -3.79. The second kappa shape index (κ2) is 6.21. The Morgan fingerprint density at radius 2 is 2.00 bits per heavy atom. The third-order valence-electron chi connectivity index (χ3n) is 2.64. The summed E-state index contributed by atoms with van der Waals surface area (Å²) in [7, 11) is -0.217. The van der Waals surface area contributed by atoms with E-state index in [2.05, 4.69) is 25.6 Å². The number of hydrogen-bond donors (Lipinski definition) is 1. The van der Waals surface area contributed by atoms with Crippen LogP contribution in [0.15, 0.2) is 45.9 Å². The first-order valence-corrected chi connectivity index (χ1v) is 8.57. The number of aromatic nitrogens is 1. The van der Waals surface area contributed by atoms with E-state index in [1.807, 2.05) is 0 Å². The zero-order chi connectivity index (χ0) is 15.6. The maximum Gasteiger partial charge on any atom is 0.263 e. The number of anilines is 2. The number of nitrogens with zero attached hydrogens (tertiary/aromatic N) is 2. The van der Waals surface area contributed by atoms with Crippen LogP contribution in [-0.4, -0.2) is 27.5 Å². The highest BCUT2D eigenvalue weighted by atomic mass is 79.9. The molecule has 5 nitrogen and oxygen atoms in total. The molecule has 0 amide bonds. The average molecular weight is 391 g/mol. The highest BCUT2D eigenvalue weighted by molar-refractivity contribution is 9.10. The molecule has 0 unspecified atom stereocenters. The van der Waals surface area contributed by atoms with Crippen LogP contribution in [0.2, 0.25) is 5.02 Å². The molecule has 0 aliphatic carbocycles. The van der Waals surface area contributed by atoms with Crippen molar-refractivity contribution in [2.45, 2.75) is 4.90 Å². The minimum Gasteiger partial charge on any atom is -0.361 e. The summed E-state index contributed by atoms with van der Waals surface area (Å²) in [4.78, 5) is 5.89. The summed E-state index contributed by atoms with van der Waals surface area (Å²) < 4.78 is 28.1. The van der Waals surface area contributed by atoms with Gasteiger partial charge >= 0.3 is 0 Å². The lowest BCUT2D eigenvalue weighted by molar-refractivity contribution is 0.601. The van der Waals surface area contributed by atoms with E-state index in [0.29, 0.717) is 16.0 Å². The van der Waals surface area contributed by atoms with Crippen LogP contribution in [0.1, 0.15) is 0 Å². The molecule has 0 fully saturated rings. The van der Waals surface area contributed by atoms with E-state index >= 15 is 0 Å². The predicted octanol–water partition coefficient (Wildman–Crippen LogP) is 3.36. The maximum atomic E-state index is 12.5. The van der Waals surface area contributed by atoms with Crippen molar-refractivity contribution in [1.82, 2.24) is 4.98 Å². The normalized spacial score (nSPS) is 11.2. The molecule has 112 valence electrons. The Bertz CT molecular complexity index is 766. The Hall–Kier alpha value is -1.31. The molecule has 0 saturated heterocycles. The third-order valence-corrected chi connectivity index (χ3v) is 4.98. The van der Waals surface area contributed by atoms with E-state index in [1.165, 1.54) is 12.1 Å². The van der Waals surface area contributed by atoms with Crippen molar-refractivity contribution in [2.75, 3.05) is 23.7 Å². The molecule has 0 aliphatic rings. The Labute approximate surface area is 137 Å². The number of hydrogen-bond acceptors (Lipinski definition) is 4. The van der Waals surface area contributed by atoms with E-state index < -0.39 is 10.0 Å². The molecule has 0 spiro atoms. The van der Waals surface area contributed by atoms with Gasteiger partial charge < -0.3 is 4.90 Å². The number of rotatable bonds is 4. The van der Waals surface area contributed by atoms with E-state index in [9.17, 15) is 8.42 Å². The molecule has 1 aromatic heterocycles. The summed E-state index contributed by atoms with van der Waals surface area (Å²) >= 11 is 9.25. The molecule has 1 N–H and O–H groups in total. The molecular formula is C13H13BrClN3O2S. The Morgan fingerprint density at radius 3 is 2.62 bits per heavy atom. The monoisotopic (exact) mass is 389 g/mol. The summed E-state index contributed by atoms with van der Waals surface area (Å²) in [5.74, 6) is 0.523. The van der Waals surface area contributed by atoms with Gasteiger partial charge in [-0.2, -0.15) is 0 Å². The van der Waals surface area contributed by atoms with E-state index in [1.54, 1.807) is 43.4 Å². The minimum absolute atomic E-state index is 0.0147. The molecule has 0 saturated carbocycles. The van der Waals surface area contributed by atoms with Crippen molar-refractivity contribution in [1.29, 1.82) is 0 Å². The van der Waals surface area contributed by atoms with Crippen LogP contribution in [0, 0.1) is 0 Å². The number of benzene rings is 1. The quantitative estimate of drug-likeness (QED) is 0.869. The molecule has 1 heterocycles. The zero-order valence-corrected chi connectivity index (χ0v) is 14.5. The first-order chi connectivity index (χ1) is 9.81. The molecule has 1 aromatic carbocycles. The largest absolute Gasteiger partial charge is 0.361 e. The van der Waals surface area contributed by atoms with Gasteiger partial charge in [0, 0.05) is 24.8 Å². The highest BCUT2D eigenvalue weighted by Crippen LogP contribution is 2.29. The lowest BCUT2D eigenvalue weighted by atomic mass is 10.4. The fraction of sp³-hybridized carbons (Fsp3) is 0.154. The van der Waals surface area contributed by atoms with Crippen molar-refractivity contribution < 1.29 is 8.42 Å². The van der Waals surface area contributed by atoms with Gasteiger partial charge in [-0.05, 0) is 30.3 Å². The van der Waals surface area contributed by atoms with Gasteiger partial charge in [-0.3, -0.25) is 4.72 Å². The molecule has 0 bridgehead atoms. The van der Waals surface area contributed by atoms with Gasteiger partial charge in [-0.1, -0.05) is 27.5 Å². The summed E-state index contributed by atoms with van der Waals surface area (Å²) in [5.41, 5.74) is 0.390. The van der Waals surface area contributed by atoms with Crippen LogP contribution >= 0.6 is 27.5 Å². The molecule has 0 aliphatic heterocycles. The average Bonchev–Trinajstić information content (AvgIpc) is 2.37. The van der Waals surface area contributed by atoms with Gasteiger partial charge in [0.1, 0.15) is 4.90 Å². The van der Waals surface area contributed by atoms with E-state index in [-0.39, 0.29) is 9.92 Å². The Balaban J connectivity index is 2.43. The van der Waals surface area contributed by atoms with Crippen LogP contribution in [0.5, 0.6) is 0 Å². The summed E-state index contributed by atoms with van der Waals surface area (Å²) in [5, 5.41) is 0.146. The second-order valence-electron chi connectivity index (χ2n) is 4.45. The fourth-order valence-corrected chi connectivity index (χ4v) is 3.83. The fourth-order valence-electron chi connectivity index (χ4n) is 1.73. The first-order valence-electron chi connectivity index (χ1n) is 5.91. The first kappa shape index (κ1) is 16.1. The van der Waals surface area contributed by atoms with Gasteiger partial charge in [0.25, 0.3) is 10.0 Å².